The van der Waals surface area contributed by atoms with E-state index in [-0.39, 0.29) is 17.7 Å². The number of aryl methyl sites for hydroxylation is 1. The Morgan fingerprint density at radius 2 is 1.84 bits per heavy atom. The molecule has 0 saturated carbocycles. The smallest absolute Gasteiger partial charge is 0.296 e. The van der Waals surface area contributed by atoms with E-state index in [1.54, 1.807) is 19.1 Å². The van der Waals surface area contributed by atoms with Crippen molar-refractivity contribution in [2.45, 2.75) is 39.3 Å². The van der Waals surface area contributed by atoms with Gasteiger partial charge in [0.2, 0.25) is 0 Å². The van der Waals surface area contributed by atoms with Crippen molar-refractivity contribution < 1.29 is 23.5 Å². The average molecular weight is 433 g/mol. The van der Waals surface area contributed by atoms with Crippen LogP contribution in [0.1, 0.15) is 53.8 Å². The second-order valence-corrected chi connectivity index (χ2v) is 8.29. The number of rotatable bonds is 5. The van der Waals surface area contributed by atoms with Gasteiger partial charge in [0.05, 0.1) is 24.4 Å². The fourth-order valence-electron chi connectivity index (χ4n) is 3.92. The lowest BCUT2D eigenvalue weighted by Gasteiger charge is -2.25. The number of aliphatic hydroxyl groups is 1. The van der Waals surface area contributed by atoms with Crippen molar-refractivity contribution in [2.24, 2.45) is 0 Å². The number of amides is 1. The van der Waals surface area contributed by atoms with E-state index in [1.807, 2.05) is 24.3 Å². The van der Waals surface area contributed by atoms with Gasteiger partial charge in [-0.2, -0.15) is 0 Å². The highest BCUT2D eigenvalue weighted by molar-refractivity contribution is 6.46. The fraction of sp³-hybridized carbons (Fsp3) is 0.231. The molecule has 2 heterocycles. The molecule has 1 fully saturated rings. The lowest BCUT2D eigenvalue weighted by atomic mass is 9.93. The normalized spacial score (nSPS) is 18.0. The molecule has 1 N–H and O–H groups in total. The number of Topliss-reactive ketones (excluding diaryl/α,β-unsaturated/α-hetero) is 1. The molecule has 6 heteroatoms. The van der Waals surface area contributed by atoms with E-state index in [9.17, 15) is 19.1 Å². The van der Waals surface area contributed by atoms with Crippen molar-refractivity contribution in [1.82, 2.24) is 4.90 Å². The molecule has 1 aliphatic rings. The molecule has 0 bridgehead atoms. The summed E-state index contributed by atoms with van der Waals surface area (Å²) in [4.78, 5) is 27.4. The Morgan fingerprint density at radius 1 is 1.12 bits per heavy atom. The summed E-state index contributed by atoms with van der Waals surface area (Å²) < 4.78 is 19.6. The van der Waals surface area contributed by atoms with E-state index in [0.29, 0.717) is 22.8 Å². The number of benzene rings is 2. The number of aliphatic hydroxyl groups excluding tert-OH is 1. The average Bonchev–Trinajstić information content (AvgIpc) is 3.37. The molecule has 1 saturated heterocycles. The third-order valence-electron chi connectivity index (χ3n) is 5.81. The summed E-state index contributed by atoms with van der Waals surface area (Å²) in [7, 11) is 0. The number of nitrogens with zero attached hydrogens (tertiary/aromatic N) is 1. The van der Waals surface area contributed by atoms with Crippen LogP contribution in [0.4, 0.5) is 4.39 Å². The van der Waals surface area contributed by atoms with Crippen LogP contribution < -0.4 is 0 Å². The second kappa shape index (κ2) is 8.46. The highest BCUT2D eigenvalue weighted by Gasteiger charge is 2.46. The van der Waals surface area contributed by atoms with Crippen molar-refractivity contribution in [3.8, 4) is 0 Å². The molecule has 1 aliphatic heterocycles. The molecule has 4 rings (SSSR count). The SMILES string of the molecule is Cc1ccc(/C(O)=C2/C(=O)C(=O)N(Cc3ccco3)C2c2ccc(C(C)C)cc2)cc1F. The largest absolute Gasteiger partial charge is 0.507 e. The molecule has 164 valence electrons. The molecule has 1 aromatic heterocycles. The summed E-state index contributed by atoms with van der Waals surface area (Å²) in [6.07, 6.45) is 1.49. The maximum absolute atomic E-state index is 14.2. The maximum Gasteiger partial charge on any atom is 0.296 e. The van der Waals surface area contributed by atoms with Crippen LogP contribution in [-0.2, 0) is 16.1 Å². The highest BCUT2D eigenvalue weighted by Crippen LogP contribution is 2.40. The highest BCUT2D eigenvalue weighted by atomic mass is 19.1. The van der Waals surface area contributed by atoms with Gasteiger partial charge in [-0.1, -0.05) is 50.2 Å². The van der Waals surface area contributed by atoms with Gasteiger partial charge in [0.1, 0.15) is 17.3 Å². The van der Waals surface area contributed by atoms with E-state index in [4.69, 9.17) is 4.42 Å². The van der Waals surface area contributed by atoms with Gasteiger partial charge < -0.3 is 14.4 Å². The van der Waals surface area contributed by atoms with E-state index < -0.39 is 29.3 Å². The Bertz CT molecular complexity index is 1190. The molecular formula is C26H24FNO4. The number of carbonyl (C=O) groups is 2. The molecule has 0 aliphatic carbocycles. The first kappa shape index (κ1) is 21.6. The number of likely N-dealkylation sites (tertiary alicyclic amines) is 1. The third-order valence-corrected chi connectivity index (χ3v) is 5.81. The molecule has 0 radical (unpaired) electrons. The lowest BCUT2D eigenvalue weighted by Crippen LogP contribution is -2.29. The molecule has 1 amide bonds. The predicted octanol–water partition coefficient (Wildman–Crippen LogP) is 5.47. The number of furan rings is 1. The number of halogens is 1. The Labute approximate surface area is 185 Å². The van der Waals surface area contributed by atoms with Crippen LogP contribution in [0, 0.1) is 12.7 Å². The van der Waals surface area contributed by atoms with Crippen LogP contribution in [0.15, 0.2) is 70.9 Å². The van der Waals surface area contributed by atoms with E-state index >= 15 is 0 Å². The van der Waals surface area contributed by atoms with Crippen molar-refractivity contribution in [3.63, 3.8) is 0 Å². The zero-order chi connectivity index (χ0) is 23.0. The van der Waals surface area contributed by atoms with Crippen molar-refractivity contribution in [2.75, 3.05) is 0 Å². The van der Waals surface area contributed by atoms with Gasteiger partial charge in [-0.15, -0.1) is 0 Å². The van der Waals surface area contributed by atoms with Crippen LogP contribution in [0.5, 0.6) is 0 Å². The number of ketones is 1. The van der Waals surface area contributed by atoms with Gasteiger partial charge in [-0.3, -0.25) is 9.59 Å². The summed E-state index contributed by atoms with van der Waals surface area (Å²) >= 11 is 0. The molecule has 1 unspecified atom stereocenters. The van der Waals surface area contributed by atoms with Gasteiger partial charge in [0.15, 0.2) is 0 Å². The number of hydrogen-bond acceptors (Lipinski definition) is 4. The monoisotopic (exact) mass is 433 g/mol. The topological polar surface area (TPSA) is 70.8 Å². The first-order valence-electron chi connectivity index (χ1n) is 10.4. The minimum absolute atomic E-state index is 0.0627. The van der Waals surface area contributed by atoms with E-state index in [2.05, 4.69) is 13.8 Å². The van der Waals surface area contributed by atoms with Crippen molar-refractivity contribution in [1.29, 1.82) is 0 Å². The van der Waals surface area contributed by atoms with E-state index in [1.165, 1.54) is 29.4 Å². The zero-order valence-electron chi connectivity index (χ0n) is 18.1. The Morgan fingerprint density at radius 3 is 2.44 bits per heavy atom. The quantitative estimate of drug-likeness (QED) is 0.329. The summed E-state index contributed by atoms with van der Waals surface area (Å²) in [6.45, 7) is 5.82. The van der Waals surface area contributed by atoms with Crippen molar-refractivity contribution in [3.05, 3.63) is 100 Å². The van der Waals surface area contributed by atoms with Crippen LogP contribution in [0.2, 0.25) is 0 Å². The summed E-state index contributed by atoms with van der Waals surface area (Å²) in [5.41, 5.74) is 2.28. The fourth-order valence-corrected chi connectivity index (χ4v) is 3.92. The van der Waals surface area contributed by atoms with Gasteiger partial charge in [-0.25, -0.2) is 4.39 Å². The third kappa shape index (κ3) is 3.84. The maximum atomic E-state index is 14.2. The minimum atomic E-state index is -0.828. The molecular weight excluding hydrogens is 409 g/mol. The molecule has 0 spiro atoms. The van der Waals surface area contributed by atoms with Crippen LogP contribution in [0.3, 0.4) is 0 Å². The van der Waals surface area contributed by atoms with Crippen molar-refractivity contribution >= 4 is 17.4 Å². The predicted molar refractivity (Wildman–Crippen MR) is 118 cm³/mol. The second-order valence-electron chi connectivity index (χ2n) is 8.29. The number of hydrogen-bond donors (Lipinski definition) is 1. The first-order valence-corrected chi connectivity index (χ1v) is 10.4. The van der Waals surface area contributed by atoms with Crippen LogP contribution in [0.25, 0.3) is 5.76 Å². The molecule has 32 heavy (non-hydrogen) atoms. The lowest BCUT2D eigenvalue weighted by molar-refractivity contribution is -0.140. The molecule has 5 nitrogen and oxygen atoms in total. The summed E-state index contributed by atoms with van der Waals surface area (Å²) in [6, 6.07) is 14.4. The van der Waals surface area contributed by atoms with Crippen LogP contribution in [-0.4, -0.2) is 21.7 Å². The van der Waals surface area contributed by atoms with Gasteiger partial charge >= 0.3 is 0 Å². The Hall–Kier alpha value is -3.67. The standard InChI is InChI=1S/C26H24FNO4/c1-15(2)17-8-10-18(11-9-17)23-22(24(29)19-7-6-16(3)21(27)13-19)25(30)26(31)28(23)14-20-5-4-12-32-20/h4-13,15,23,29H,14H2,1-3H3/b24-22-. The summed E-state index contributed by atoms with van der Waals surface area (Å²) in [5, 5.41) is 11.0. The van der Waals surface area contributed by atoms with E-state index in [0.717, 1.165) is 5.56 Å². The molecule has 1 atom stereocenters. The Kier molecular flexibility index (Phi) is 5.70. The van der Waals surface area contributed by atoms with Gasteiger partial charge in [0, 0.05) is 5.56 Å². The number of carbonyl (C=O) groups excluding carboxylic acids is 2. The summed E-state index contributed by atoms with van der Waals surface area (Å²) in [5.74, 6) is -1.63. The first-order chi connectivity index (χ1) is 15.3. The van der Waals surface area contributed by atoms with Gasteiger partial charge in [0.25, 0.3) is 11.7 Å². The zero-order valence-corrected chi connectivity index (χ0v) is 18.1. The Balaban J connectivity index is 1.86. The minimum Gasteiger partial charge on any atom is -0.507 e. The van der Waals surface area contributed by atoms with Crippen LogP contribution >= 0.6 is 0 Å². The molecule has 3 aromatic rings. The van der Waals surface area contributed by atoms with Gasteiger partial charge in [-0.05, 0) is 47.7 Å². The molecule has 2 aromatic carbocycles.